The summed E-state index contributed by atoms with van der Waals surface area (Å²) in [5.74, 6) is 1.48. The van der Waals surface area contributed by atoms with Gasteiger partial charge in [-0.1, -0.05) is 0 Å². The van der Waals surface area contributed by atoms with Gasteiger partial charge in [-0.15, -0.1) is 0 Å². The number of methoxy groups -OCH3 is 2. The Labute approximate surface area is 123 Å². The fourth-order valence-electron chi connectivity index (χ4n) is 2.23. The molecule has 0 amide bonds. The molecule has 106 valence electrons. The lowest BCUT2D eigenvalue weighted by Gasteiger charge is -2.09. The lowest BCUT2D eigenvalue weighted by molar-refractivity contribution is 0.403. The molecule has 1 heterocycles. The molecule has 0 aliphatic rings. The van der Waals surface area contributed by atoms with Crippen molar-refractivity contribution in [3.05, 3.63) is 54.7 Å². The molecule has 0 fully saturated rings. The number of ether oxygens (including phenoxy) is 2. The topological polar surface area (TPSA) is 43.4 Å². The average Bonchev–Trinajstić information content (AvgIpc) is 2.54. The van der Waals surface area contributed by atoms with Gasteiger partial charge in [0.05, 0.1) is 14.2 Å². The molecule has 4 nitrogen and oxygen atoms in total. The van der Waals surface area contributed by atoms with E-state index in [1.165, 1.54) is 0 Å². The number of rotatable bonds is 4. The van der Waals surface area contributed by atoms with Gasteiger partial charge in [0, 0.05) is 23.0 Å². The number of benzene rings is 2. The number of anilines is 2. The minimum atomic E-state index is 0.642. The summed E-state index contributed by atoms with van der Waals surface area (Å²) in [4.78, 5) is 4.20. The third-order valence-corrected chi connectivity index (χ3v) is 3.30. The maximum absolute atomic E-state index is 5.27. The minimum absolute atomic E-state index is 0.642. The van der Waals surface area contributed by atoms with Gasteiger partial charge >= 0.3 is 0 Å². The third kappa shape index (κ3) is 2.74. The average molecular weight is 280 g/mol. The molecular formula is C17H16N2O2. The molecule has 21 heavy (non-hydrogen) atoms. The molecule has 0 bridgehead atoms. The first kappa shape index (κ1) is 13.2. The van der Waals surface area contributed by atoms with Crippen molar-refractivity contribution in [2.75, 3.05) is 19.5 Å². The minimum Gasteiger partial charge on any atom is -0.497 e. The molecule has 0 radical (unpaired) electrons. The Balaban J connectivity index is 1.90. The number of aromatic nitrogens is 1. The second-order valence-corrected chi connectivity index (χ2v) is 4.61. The van der Waals surface area contributed by atoms with Crippen LogP contribution in [0.4, 0.5) is 11.4 Å². The molecule has 3 rings (SSSR count). The number of nitrogens with one attached hydrogen (secondary N) is 1. The van der Waals surface area contributed by atoms with Crippen molar-refractivity contribution >= 4 is 22.1 Å². The van der Waals surface area contributed by atoms with Crippen LogP contribution in [0.2, 0.25) is 0 Å². The Morgan fingerprint density at radius 3 is 2.33 bits per heavy atom. The van der Waals surface area contributed by atoms with E-state index < -0.39 is 0 Å². The van der Waals surface area contributed by atoms with E-state index in [0.29, 0.717) is 5.88 Å². The number of nitrogens with zero attached hydrogens (tertiary/aromatic N) is 1. The molecule has 0 saturated heterocycles. The lowest BCUT2D eigenvalue weighted by atomic mass is 10.1. The number of pyridine rings is 1. The van der Waals surface area contributed by atoms with Gasteiger partial charge in [-0.25, -0.2) is 4.98 Å². The summed E-state index contributed by atoms with van der Waals surface area (Å²) in [5.41, 5.74) is 2.03. The highest BCUT2D eigenvalue weighted by Crippen LogP contribution is 2.27. The van der Waals surface area contributed by atoms with Crippen LogP contribution in [0.3, 0.4) is 0 Å². The molecule has 0 aliphatic heterocycles. The van der Waals surface area contributed by atoms with Gasteiger partial charge in [0.2, 0.25) is 5.88 Å². The van der Waals surface area contributed by atoms with Crippen LogP contribution in [0.1, 0.15) is 0 Å². The third-order valence-electron chi connectivity index (χ3n) is 3.30. The summed E-state index contributed by atoms with van der Waals surface area (Å²) in [5, 5.41) is 5.45. The second kappa shape index (κ2) is 5.71. The predicted molar refractivity (Wildman–Crippen MR) is 84.6 cm³/mol. The van der Waals surface area contributed by atoms with Crippen LogP contribution in [0.25, 0.3) is 10.8 Å². The molecule has 2 aromatic carbocycles. The van der Waals surface area contributed by atoms with Crippen molar-refractivity contribution < 1.29 is 9.47 Å². The molecule has 1 N–H and O–H groups in total. The van der Waals surface area contributed by atoms with Gasteiger partial charge in [-0.2, -0.15) is 0 Å². The largest absolute Gasteiger partial charge is 0.497 e. The first-order chi connectivity index (χ1) is 10.3. The van der Waals surface area contributed by atoms with Crippen LogP contribution >= 0.6 is 0 Å². The van der Waals surface area contributed by atoms with Crippen molar-refractivity contribution in [2.24, 2.45) is 0 Å². The summed E-state index contributed by atoms with van der Waals surface area (Å²) >= 11 is 0. The zero-order chi connectivity index (χ0) is 14.7. The van der Waals surface area contributed by atoms with Crippen LogP contribution in [-0.2, 0) is 0 Å². The maximum Gasteiger partial charge on any atom is 0.221 e. The summed E-state index contributed by atoms with van der Waals surface area (Å²) in [7, 11) is 3.29. The van der Waals surface area contributed by atoms with Crippen molar-refractivity contribution in [3.63, 3.8) is 0 Å². The summed E-state index contributed by atoms with van der Waals surface area (Å²) in [6.45, 7) is 0. The van der Waals surface area contributed by atoms with Crippen LogP contribution in [0.15, 0.2) is 54.7 Å². The van der Waals surface area contributed by atoms with E-state index in [2.05, 4.69) is 16.4 Å². The van der Waals surface area contributed by atoms with Crippen molar-refractivity contribution in [1.82, 2.24) is 4.98 Å². The monoisotopic (exact) mass is 280 g/mol. The molecule has 4 heteroatoms. The Morgan fingerprint density at radius 2 is 1.62 bits per heavy atom. The predicted octanol–water partition coefficient (Wildman–Crippen LogP) is 4.00. The van der Waals surface area contributed by atoms with E-state index in [4.69, 9.17) is 9.47 Å². The fraction of sp³-hybridized carbons (Fsp3) is 0.118. The van der Waals surface area contributed by atoms with E-state index >= 15 is 0 Å². The van der Waals surface area contributed by atoms with E-state index in [-0.39, 0.29) is 0 Å². The maximum atomic E-state index is 5.27. The Morgan fingerprint density at radius 1 is 0.857 bits per heavy atom. The second-order valence-electron chi connectivity index (χ2n) is 4.61. The zero-order valence-corrected chi connectivity index (χ0v) is 12.0. The van der Waals surface area contributed by atoms with Gasteiger partial charge < -0.3 is 14.8 Å². The highest BCUT2D eigenvalue weighted by molar-refractivity contribution is 5.90. The SMILES string of the molecule is COc1ccc(Nc2ccc3c(OC)nccc3c2)cc1. The quantitative estimate of drug-likeness (QED) is 0.784. The summed E-state index contributed by atoms with van der Waals surface area (Å²) in [6.07, 6.45) is 1.75. The van der Waals surface area contributed by atoms with Gasteiger partial charge in [0.25, 0.3) is 0 Å². The first-order valence-corrected chi connectivity index (χ1v) is 6.64. The fourth-order valence-corrected chi connectivity index (χ4v) is 2.23. The summed E-state index contributed by atoms with van der Waals surface area (Å²) in [6, 6.07) is 15.9. The van der Waals surface area contributed by atoms with Gasteiger partial charge in [0.1, 0.15) is 5.75 Å². The van der Waals surface area contributed by atoms with Gasteiger partial charge in [0.15, 0.2) is 0 Å². The van der Waals surface area contributed by atoms with Crippen LogP contribution in [0, 0.1) is 0 Å². The molecular weight excluding hydrogens is 264 g/mol. The van der Waals surface area contributed by atoms with Crippen molar-refractivity contribution in [3.8, 4) is 11.6 Å². The van der Waals surface area contributed by atoms with Gasteiger partial charge in [-0.3, -0.25) is 0 Å². The Hall–Kier alpha value is -2.75. The van der Waals surface area contributed by atoms with E-state index in [1.807, 2.05) is 42.5 Å². The van der Waals surface area contributed by atoms with Crippen molar-refractivity contribution in [2.45, 2.75) is 0 Å². The van der Waals surface area contributed by atoms with Crippen LogP contribution in [-0.4, -0.2) is 19.2 Å². The highest BCUT2D eigenvalue weighted by Gasteiger charge is 2.03. The Bertz CT molecular complexity index is 754. The lowest BCUT2D eigenvalue weighted by Crippen LogP contribution is -1.92. The molecule has 0 unspecified atom stereocenters. The van der Waals surface area contributed by atoms with Crippen LogP contribution in [0.5, 0.6) is 11.6 Å². The van der Waals surface area contributed by atoms with E-state index in [9.17, 15) is 0 Å². The Kier molecular flexibility index (Phi) is 3.60. The smallest absolute Gasteiger partial charge is 0.221 e. The van der Waals surface area contributed by atoms with E-state index in [1.54, 1.807) is 20.4 Å². The number of hydrogen-bond acceptors (Lipinski definition) is 4. The van der Waals surface area contributed by atoms with Gasteiger partial charge in [-0.05, 0) is 53.9 Å². The van der Waals surface area contributed by atoms with Crippen LogP contribution < -0.4 is 14.8 Å². The highest BCUT2D eigenvalue weighted by atomic mass is 16.5. The molecule has 0 atom stereocenters. The number of hydrogen-bond donors (Lipinski definition) is 1. The molecule has 0 spiro atoms. The molecule has 0 saturated carbocycles. The first-order valence-electron chi connectivity index (χ1n) is 6.64. The molecule has 0 aliphatic carbocycles. The summed E-state index contributed by atoms with van der Waals surface area (Å²) < 4.78 is 10.4. The normalized spacial score (nSPS) is 10.4. The molecule has 1 aromatic heterocycles. The van der Waals surface area contributed by atoms with Crippen molar-refractivity contribution in [1.29, 1.82) is 0 Å². The van der Waals surface area contributed by atoms with E-state index in [0.717, 1.165) is 27.9 Å². The standard InChI is InChI=1S/C17H16N2O2/c1-20-15-6-3-13(4-7-15)19-14-5-8-16-12(11-14)9-10-18-17(16)21-2/h3-11,19H,1-2H3. The zero-order valence-electron chi connectivity index (χ0n) is 12.0. The number of fused-ring (bicyclic) bond motifs is 1. The molecule has 3 aromatic rings.